The lowest BCUT2D eigenvalue weighted by molar-refractivity contribution is -0.138. The van der Waals surface area contributed by atoms with Crippen molar-refractivity contribution < 1.29 is 17.6 Å². The van der Waals surface area contributed by atoms with Crippen molar-refractivity contribution in [3.8, 4) is 0 Å². The average Bonchev–Trinajstić information content (AvgIpc) is 3.02. The molecule has 0 amide bonds. The first-order valence-corrected chi connectivity index (χ1v) is 8.16. The van der Waals surface area contributed by atoms with E-state index in [9.17, 15) is 17.6 Å². The van der Waals surface area contributed by atoms with Gasteiger partial charge in [0, 0.05) is 31.9 Å². The molecule has 2 aromatic rings. The number of aromatic nitrogens is 1. The first-order chi connectivity index (χ1) is 11.8. The summed E-state index contributed by atoms with van der Waals surface area (Å²) in [5.74, 6) is -0.108. The van der Waals surface area contributed by atoms with Crippen LogP contribution in [0.5, 0.6) is 0 Å². The van der Waals surface area contributed by atoms with Gasteiger partial charge in [-0.3, -0.25) is 0 Å². The fraction of sp³-hybridized carbons (Fsp3) is 0.353. The second-order valence-electron chi connectivity index (χ2n) is 5.95. The van der Waals surface area contributed by atoms with Gasteiger partial charge in [-0.15, -0.1) is 0 Å². The minimum absolute atomic E-state index is 0.0294. The summed E-state index contributed by atoms with van der Waals surface area (Å²) in [7, 11) is 0. The van der Waals surface area contributed by atoms with Crippen molar-refractivity contribution in [2.45, 2.75) is 25.2 Å². The summed E-state index contributed by atoms with van der Waals surface area (Å²) in [5, 5.41) is 3.67. The highest BCUT2D eigenvalue weighted by molar-refractivity contribution is 6.30. The number of hydrogen-bond acceptors (Lipinski definition) is 3. The molecule has 0 aliphatic carbocycles. The van der Waals surface area contributed by atoms with Crippen LogP contribution in [0.1, 0.15) is 17.5 Å². The number of rotatable bonds is 4. The second-order valence-corrected chi connectivity index (χ2v) is 6.38. The van der Waals surface area contributed by atoms with Crippen molar-refractivity contribution in [2.75, 3.05) is 18.0 Å². The van der Waals surface area contributed by atoms with E-state index in [-0.39, 0.29) is 18.2 Å². The minimum Gasteiger partial charge on any atom is -0.355 e. The van der Waals surface area contributed by atoms with E-state index in [1.807, 2.05) is 11.0 Å². The Morgan fingerprint density at radius 2 is 2.04 bits per heavy atom. The summed E-state index contributed by atoms with van der Waals surface area (Å²) in [5.41, 5.74) is -0.897. The number of alkyl halides is 3. The molecule has 1 aliphatic heterocycles. The van der Waals surface area contributed by atoms with E-state index in [0.29, 0.717) is 17.6 Å². The fourth-order valence-corrected chi connectivity index (χ4v) is 3.02. The molecular weight excluding hydrogens is 358 g/mol. The molecule has 0 saturated carbocycles. The Hall–Kier alpha value is -1.86. The third kappa shape index (κ3) is 4.41. The largest absolute Gasteiger partial charge is 0.416 e. The molecule has 1 aliphatic rings. The highest BCUT2D eigenvalue weighted by Crippen LogP contribution is 2.32. The number of nitrogens with zero attached hydrogens (tertiary/aromatic N) is 2. The van der Waals surface area contributed by atoms with Crippen LogP contribution in [-0.2, 0) is 12.7 Å². The van der Waals surface area contributed by atoms with E-state index in [4.69, 9.17) is 11.6 Å². The number of halogens is 5. The van der Waals surface area contributed by atoms with Crippen LogP contribution in [0.3, 0.4) is 0 Å². The summed E-state index contributed by atoms with van der Waals surface area (Å²) in [6, 6.07) is 6.35. The lowest BCUT2D eigenvalue weighted by atomic mass is 10.1. The Bertz CT molecular complexity index is 734. The Kier molecular flexibility index (Phi) is 5.15. The molecule has 1 N–H and O–H groups in total. The average molecular weight is 374 g/mol. The highest BCUT2D eigenvalue weighted by atomic mass is 35.5. The van der Waals surface area contributed by atoms with Crippen molar-refractivity contribution in [1.29, 1.82) is 0 Å². The van der Waals surface area contributed by atoms with E-state index in [1.165, 1.54) is 6.07 Å². The monoisotopic (exact) mass is 373 g/mol. The van der Waals surface area contributed by atoms with Crippen LogP contribution in [-0.4, -0.2) is 24.1 Å². The van der Waals surface area contributed by atoms with Crippen LogP contribution in [0.25, 0.3) is 0 Å². The Morgan fingerprint density at radius 3 is 2.72 bits per heavy atom. The molecular formula is C17H16ClF4N3. The molecule has 2 heterocycles. The molecule has 0 spiro atoms. The van der Waals surface area contributed by atoms with E-state index in [0.717, 1.165) is 24.8 Å². The van der Waals surface area contributed by atoms with E-state index < -0.39 is 17.6 Å². The van der Waals surface area contributed by atoms with Gasteiger partial charge in [0.2, 0.25) is 0 Å². The van der Waals surface area contributed by atoms with Gasteiger partial charge in [0.25, 0.3) is 0 Å². The quantitative estimate of drug-likeness (QED) is 0.812. The normalized spacial score (nSPS) is 18.0. The highest BCUT2D eigenvalue weighted by Gasteiger charge is 2.34. The molecule has 3 rings (SSSR count). The van der Waals surface area contributed by atoms with Crippen LogP contribution in [0.4, 0.5) is 23.4 Å². The SMILES string of the molecule is Fc1ccc(CN[C@H]2CCN(c3ccc(Cl)cn3)C2)c(C(F)(F)F)c1. The van der Waals surface area contributed by atoms with Crippen molar-refractivity contribution >= 4 is 17.4 Å². The number of hydrogen-bond donors (Lipinski definition) is 1. The van der Waals surface area contributed by atoms with Gasteiger partial charge in [-0.1, -0.05) is 17.7 Å². The standard InChI is InChI=1S/C17H16ClF4N3/c18-12-2-4-16(24-9-12)25-6-5-14(10-25)23-8-11-1-3-13(19)7-15(11)17(20,21)22/h1-4,7,9,14,23H,5-6,8,10H2/t14-/m0/s1. The molecule has 3 nitrogen and oxygen atoms in total. The van der Waals surface area contributed by atoms with E-state index in [2.05, 4.69) is 10.3 Å². The maximum Gasteiger partial charge on any atom is 0.416 e. The molecule has 1 aromatic heterocycles. The molecule has 1 saturated heterocycles. The van der Waals surface area contributed by atoms with Gasteiger partial charge in [-0.25, -0.2) is 9.37 Å². The number of nitrogens with one attached hydrogen (secondary N) is 1. The number of anilines is 1. The fourth-order valence-electron chi connectivity index (χ4n) is 2.91. The molecule has 0 unspecified atom stereocenters. The van der Waals surface area contributed by atoms with E-state index in [1.54, 1.807) is 12.3 Å². The van der Waals surface area contributed by atoms with Crippen LogP contribution >= 0.6 is 11.6 Å². The predicted molar refractivity (Wildman–Crippen MR) is 88.1 cm³/mol. The molecule has 1 aromatic carbocycles. The zero-order chi connectivity index (χ0) is 18.0. The van der Waals surface area contributed by atoms with Gasteiger partial charge < -0.3 is 10.2 Å². The topological polar surface area (TPSA) is 28.2 Å². The Morgan fingerprint density at radius 1 is 1.24 bits per heavy atom. The third-order valence-corrected chi connectivity index (χ3v) is 4.41. The van der Waals surface area contributed by atoms with Gasteiger partial charge in [-0.2, -0.15) is 13.2 Å². The van der Waals surface area contributed by atoms with Crippen LogP contribution in [0.2, 0.25) is 5.02 Å². The van der Waals surface area contributed by atoms with Gasteiger partial charge >= 0.3 is 6.18 Å². The molecule has 25 heavy (non-hydrogen) atoms. The van der Waals surface area contributed by atoms with Gasteiger partial charge in [0.05, 0.1) is 10.6 Å². The smallest absolute Gasteiger partial charge is 0.355 e. The van der Waals surface area contributed by atoms with Gasteiger partial charge in [0.1, 0.15) is 11.6 Å². The third-order valence-electron chi connectivity index (χ3n) is 4.18. The van der Waals surface area contributed by atoms with Crippen molar-refractivity contribution in [1.82, 2.24) is 10.3 Å². The molecule has 8 heteroatoms. The van der Waals surface area contributed by atoms with Crippen LogP contribution in [0, 0.1) is 5.82 Å². The summed E-state index contributed by atoms with van der Waals surface area (Å²) < 4.78 is 52.2. The molecule has 1 fully saturated rings. The van der Waals surface area contributed by atoms with Crippen LogP contribution < -0.4 is 10.2 Å². The lowest BCUT2D eigenvalue weighted by Crippen LogP contribution is -2.33. The summed E-state index contributed by atoms with van der Waals surface area (Å²) >= 11 is 5.82. The summed E-state index contributed by atoms with van der Waals surface area (Å²) in [6.07, 6.45) is -2.23. The van der Waals surface area contributed by atoms with Crippen molar-refractivity contribution in [3.05, 3.63) is 58.5 Å². The molecule has 0 bridgehead atoms. The molecule has 1 atom stereocenters. The first-order valence-electron chi connectivity index (χ1n) is 7.78. The Labute approximate surface area is 147 Å². The zero-order valence-corrected chi connectivity index (χ0v) is 13.9. The predicted octanol–water partition coefficient (Wildman–Crippen LogP) is 4.26. The lowest BCUT2D eigenvalue weighted by Gasteiger charge is -2.19. The molecule has 134 valence electrons. The first kappa shape index (κ1) is 17.9. The van der Waals surface area contributed by atoms with Crippen molar-refractivity contribution in [3.63, 3.8) is 0 Å². The minimum atomic E-state index is -4.58. The maximum atomic E-state index is 13.1. The summed E-state index contributed by atoms with van der Waals surface area (Å²) in [6.45, 7) is 1.42. The van der Waals surface area contributed by atoms with Crippen LogP contribution in [0.15, 0.2) is 36.5 Å². The number of benzene rings is 1. The Balaban J connectivity index is 1.63. The second kappa shape index (κ2) is 7.17. The number of pyridine rings is 1. The maximum absolute atomic E-state index is 13.1. The van der Waals surface area contributed by atoms with E-state index >= 15 is 0 Å². The van der Waals surface area contributed by atoms with Gasteiger partial charge in [-0.05, 0) is 36.2 Å². The molecule has 0 radical (unpaired) electrons. The zero-order valence-electron chi connectivity index (χ0n) is 13.2. The van der Waals surface area contributed by atoms with Gasteiger partial charge in [0.15, 0.2) is 0 Å². The summed E-state index contributed by atoms with van der Waals surface area (Å²) in [4.78, 5) is 6.29. The van der Waals surface area contributed by atoms with Crippen molar-refractivity contribution in [2.24, 2.45) is 0 Å².